The second-order valence-corrected chi connectivity index (χ2v) is 9.24. The van der Waals surface area contributed by atoms with Crippen LogP contribution >= 0.6 is 11.6 Å². The molecule has 1 heterocycles. The van der Waals surface area contributed by atoms with Gasteiger partial charge in [0.15, 0.2) is 0 Å². The van der Waals surface area contributed by atoms with Gasteiger partial charge < -0.3 is 9.47 Å². The van der Waals surface area contributed by atoms with Gasteiger partial charge in [0.25, 0.3) is 0 Å². The molecule has 0 N–H and O–H groups in total. The Morgan fingerprint density at radius 3 is 2.55 bits per heavy atom. The molecule has 0 aliphatic carbocycles. The van der Waals surface area contributed by atoms with E-state index in [1.54, 1.807) is 19.9 Å². The molecule has 2 atom stereocenters. The maximum absolute atomic E-state index is 13.2. The Balaban J connectivity index is 1.81. The van der Waals surface area contributed by atoms with Crippen molar-refractivity contribution in [3.63, 3.8) is 0 Å². The summed E-state index contributed by atoms with van der Waals surface area (Å²) in [5, 5.41) is 0.0125. The first-order chi connectivity index (χ1) is 13.7. The quantitative estimate of drug-likeness (QED) is 0.662. The molecule has 0 bridgehead atoms. The highest BCUT2D eigenvalue weighted by Crippen LogP contribution is 2.28. The molecule has 0 radical (unpaired) electrons. The molecule has 29 heavy (non-hydrogen) atoms. The Morgan fingerprint density at radius 1 is 1.21 bits per heavy atom. The number of hydrogen-bond acceptors (Lipinski definition) is 5. The molecule has 1 aliphatic rings. The van der Waals surface area contributed by atoms with Crippen molar-refractivity contribution in [1.82, 2.24) is 4.31 Å². The molecule has 2 unspecified atom stereocenters. The molecule has 1 aliphatic heterocycles. The lowest BCUT2D eigenvalue weighted by molar-refractivity contribution is -0.0440. The lowest BCUT2D eigenvalue weighted by atomic mass is 10.2. The molecule has 3 rings (SSSR count). The average Bonchev–Trinajstić information content (AvgIpc) is 2.65. The number of carbonyl (C=O) groups is 1. The minimum Gasteiger partial charge on any atom is -0.457 e. The van der Waals surface area contributed by atoms with Crippen LogP contribution in [0.5, 0.6) is 0 Å². The van der Waals surface area contributed by atoms with E-state index in [1.807, 2.05) is 0 Å². The number of nitrogens with zero attached hydrogens (tertiary/aromatic N) is 1. The number of rotatable bonds is 5. The van der Waals surface area contributed by atoms with Gasteiger partial charge in [-0.05, 0) is 49.7 Å². The number of ether oxygens (including phenoxy) is 2. The van der Waals surface area contributed by atoms with E-state index in [0.29, 0.717) is 5.56 Å². The molecule has 9 heteroatoms. The van der Waals surface area contributed by atoms with Crippen LogP contribution in [0.2, 0.25) is 5.02 Å². The lowest BCUT2D eigenvalue weighted by Gasteiger charge is -2.34. The third kappa shape index (κ3) is 5.14. The fourth-order valence-electron chi connectivity index (χ4n) is 3.15. The number of benzene rings is 2. The number of morpholine rings is 1. The van der Waals surface area contributed by atoms with Crippen LogP contribution in [0, 0.1) is 5.82 Å². The molecule has 1 saturated heterocycles. The van der Waals surface area contributed by atoms with Crippen molar-refractivity contribution in [2.75, 3.05) is 13.1 Å². The SMILES string of the molecule is CC1CN(S(=O)(=O)c2cc(C(=O)OCc3cccc(F)c3)ccc2Cl)CC(C)O1. The van der Waals surface area contributed by atoms with Crippen LogP contribution < -0.4 is 0 Å². The molecule has 0 amide bonds. The zero-order valence-electron chi connectivity index (χ0n) is 16.0. The third-order valence-electron chi connectivity index (χ3n) is 4.43. The highest BCUT2D eigenvalue weighted by atomic mass is 35.5. The van der Waals surface area contributed by atoms with E-state index in [2.05, 4.69) is 0 Å². The molecule has 1 fully saturated rings. The first kappa shape index (κ1) is 21.7. The van der Waals surface area contributed by atoms with E-state index < -0.39 is 21.8 Å². The van der Waals surface area contributed by atoms with Crippen LogP contribution in [0.25, 0.3) is 0 Å². The summed E-state index contributed by atoms with van der Waals surface area (Å²) in [5.74, 6) is -1.17. The van der Waals surface area contributed by atoms with Gasteiger partial charge in [0.05, 0.1) is 22.8 Å². The number of carbonyl (C=O) groups excluding carboxylic acids is 1. The average molecular weight is 442 g/mol. The van der Waals surface area contributed by atoms with Crippen LogP contribution in [-0.2, 0) is 26.1 Å². The largest absolute Gasteiger partial charge is 0.457 e. The molecule has 2 aromatic carbocycles. The minimum atomic E-state index is -3.92. The molecule has 156 valence electrons. The predicted molar refractivity (Wildman–Crippen MR) is 106 cm³/mol. The maximum atomic E-state index is 13.2. The first-order valence-electron chi connectivity index (χ1n) is 9.03. The van der Waals surface area contributed by atoms with E-state index in [0.717, 1.165) is 0 Å². The van der Waals surface area contributed by atoms with Crippen LogP contribution in [0.15, 0.2) is 47.4 Å². The Labute approximate surface area is 174 Å². The molecular weight excluding hydrogens is 421 g/mol. The molecular formula is C20H21ClFNO5S. The summed E-state index contributed by atoms with van der Waals surface area (Å²) in [4.78, 5) is 12.2. The normalized spacial score (nSPS) is 20.4. The summed E-state index contributed by atoms with van der Waals surface area (Å²) in [6.07, 6.45) is -0.515. The van der Waals surface area contributed by atoms with E-state index in [1.165, 1.54) is 40.7 Å². The van der Waals surface area contributed by atoms with Gasteiger partial charge in [0.1, 0.15) is 17.3 Å². The zero-order valence-corrected chi connectivity index (χ0v) is 17.5. The standard InChI is InChI=1S/C20H21ClFNO5S/c1-13-10-23(11-14(2)28-13)29(25,26)19-9-16(6-7-18(19)21)20(24)27-12-15-4-3-5-17(22)8-15/h3-9,13-14H,10-12H2,1-2H3. The van der Waals surface area contributed by atoms with Crippen LogP contribution in [0.1, 0.15) is 29.8 Å². The van der Waals surface area contributed by atoms with Gasteiger partial charge in [0, 0.05) is 13.1 Å². The van der Waals surface area contributed by atoms with Crippen molar-refractivity contribution >= 4 is 27.6 Å². The fraction of sp³-hybridized carbons (Fsp3) is 0.350. The predicted octanol–water partition coefficient (Wildman–Crippen LogP) is 3.63. The first-order valence-corrected chi connectivity index (χ1v) is 10.9. The van der Waals surface area contributed by atoms with Crippen molar-refractivity contribution in [3.05, 3.63) is 64.4 Å². The number of esters is 1. The van der Waals surface area contributed by atoms with Crippen LogP contribution in [-0.4, -0.2) is 44.0 Å². The fourth-order valence-corrected chi connectivity index (χ4v) is 5.24. The summed E-state index contributed by atoms with van der Waals surface area (Å²) >= 11 is 6.14. The van der Waals surface area contributed by atoms with Crippen LogP contribution in [0.3, 0.4) is 0 Å². The summed E-state index contributed by atoms with van der Waals surface area (Å²) in [5.41, 5.74) is 0.523. The third-order valence-corrected chi connectivity index (χ3v) is 6.74. The number of hydrogen-bond donors (Lipinski definition) is 0. The van der Waals surface area contributed by atoms with Crippen molar-refractivity contribution < 1.29 is 27.1 Å². The molecule has 0 saturated carbocycles. The smallest absolute Gasteiger partial charge is 0.338 e. The monoisotopic (exact) mass is 441 g/mol. The van der Waals surface area contributed by atoms with Crippen molar-refractivity contribution in [2.45, 2.75) is 37.6 Å². The van der Waals surface area contributed by atoms with Crippen molar-refractivity contribution in [3.8, 4) is 0 Å². The number of halogens is 2. The molecule has 6 nitrogen and oxygen atoms in total. The van der Waals surface area contributed by atoms with Gasteiger partial charge in [-0.25, -0.2) is 17.6 Å². The summed E-state index contributed by atoms with van der Waals surface area (Å²) in [7, 11) is -3.92. The summed E-state index contributed by atoms with van der Waals surface area (Å²) in [6, 6.07) is 9.61. The Kier molecular flexibility index (Phi) is 6.58. The van der Waals surface area contributed by atoms with Crippen LogP contribution in [0.4, 0.5) is 4.39 Å². The summed E-state index contributed by atoms with van der Waals surface area (Å²) in [6.45, 7) is 3.83. The Hall–Kier alpha value is -2.00. The second-order valence-electron chi connectivity index (χ2n) is 6.93. The van der Waals surface area contributed by atoms with Gasteiger partial charge in [-0.1, -0.05) is 23.7 Å². The van der Waals surface area contributed by atoms with Gasteiger partial charge in [-0.15, -0.1) is 0 Å². The van der Waals surface area contributed by atoms with Gasteiger partial charge in [0.2, 0.25) is 10.0 Å². The lowest BCUT2D eigenvalue weighted by Crippen LogP contribution is -2.48. The summed E-state index contributed by atoms with van der Waals surface area (Å²) < 4.78 is 51.5. The molecule has 0 spiro atoms. The molecule has 0 aromatic heterocycles. The highest BCUT2D eigenvalue weighted by Gasteiger charge is 2.34. The second kappa shape index (κ2) is 8.79. The Bertz CT molecular complexity index is 1000. The van der Waals surface area contributed by atoms with Crippen molar-refractivity contribution in [2.24, 2.45) is 0 Å². The highest BCUT2D eigenvalue weighted by molar-refractivity contribution is 7.89. The van der Waals surface area contributed by atoms with E-state index in [-0.39, 0.29) is 47.4 Å². The van der Waals surface area contributed by atoms with E-state index >= 15 is 0 Å². The van der Waals surface area contributed by atoms with Crippen molar-refractivity contribution in [1.29, 1.82) is 0 Å². The minimum absolute atomic E-state index is 0.0125. The number of sulfonamides is 1. The van der Waals surface area contributed by atoms with Gasteiger partial charge >= 0.3 is 5.97 Å². The van der Waals surface area contributed by atoms with E-state index in [9.17, 15) is 17.6 Å². The molecule has 2 aromatic rings. The van der Waals surface area contributed by atoms with Gasteiger partial charge in [-0.2, -0.15) is 4.31 Å². The zero-order chi connectivity index (χ0) is 21.2. The van der Waals surface area contributed by atoms with E-state index in [4.69, 9.17) is 21.1 Å². The topological polar surface area (TPSA) is 72.9 Å². The Morgan fingerprint density at radius 2 is 1.90 bits per heavy atom. The maximum Gasteiger partial charge on any atom is 0.338 e. The van der Waals surface area contributed by atoms with Gasteiger partial charge in [-0.3, -0.25) is 0 Å².